The minimum atomic E-state index is -4.50. The van der Waals surface area contributed by atoms with Gasteiger partial charge >= 0.3 is 5.76 Å². The van der Waals surface area contributed by atoms with Gasteiger partial charge in [0.1, 0.15) is 0 Å². The van der Waals surface area contributed by atoms with Crippen LogP contribution in [0.25, 0.3) is 0 Å². The Morgan fingerprint density at radius 3 is 1.94 bits per heavy atom. The summed E-state index contributed by atoms with van der Waals surface area (Å²) in [5, 5.41) is 0. The molecular weight excluding hydrogens is 248 g/mol. The number of nitrogens with two attached hydrogens (primary N) is 1. The lowest BCUT2D eigenvalue weighted by Crippen LogP contribution is -2.22. The van der Waals surface area contributed by atoms with Crippen molar-refractivity contribution >= 4 is 9.84 Å². The summed E-state index contributed by atoms with van der Waals surface area (Å²) >= 11 is 0. The van der Waals surface area contributed by atoms with Gasteiger partial charge in [-0.25, -0.2) is 8.42 Å². The molecule has 0 fully saturated rings. The molecule has 1 aromatic carbocycles. The first kappa shape index (κ1) is 14.1. The highest BCUT2D eigenvalue weighted by Crippen LogP contribution is 2.22. The molecule has 17 heavy (non-hydrogen) atoms. The smallest absolute Gasteiger partial charge is 0.327 e. The molecule has 0 aliphatic rings. The maximum Gasteiger partial charge on any atom is 0.341 e. The van der Waals surface area contributed by atoms with Crippen molar-refractivity contribution < 1.29 is 17.2 Å². The molecule has 1 aromatic rings. The lowest BCUT2D eigenvalue weighted by Gasteiger charge is -2.16. The largest absolute Gasteiger partial charge is 0.341 e. The lowest BCUT2D eigenvalue weighted by molar-refractivity contribution is 0.234. The summed E-state index contributed by atoms with van der Waals surface area (Å²) in [7, 11) is -4.50. The summed E-state index contributed by atoms with van der Waals surface area (Å²) in [5.74, 6) is -3.35. The molecular formula is C11H15F2NO2S. The van der Waals surface area contributed by atoms with Crippen molar-refractivity contribution in [2.45, 2.75) is 36.5 Å². The van der Waals surface area contributed by atoms with Crippen LogP contribution in [0.3, 0.4) is 0 Å². The predicted molar refractivity (Wildman–Crippen MR) is 61.7 cm³/mol. The summed E-state index contributed by atoms with van der Waals surface area (Å²) in [6.45, 7) is 3.72. The van der Waals surface area contributed by atoms with E-state index in [1.165, 1.54) is 24.3 Å². The number of halogens is 2. The van der Waals surface area contributed by atoms with Gasteiger partial charge in [0, 0.05) is 6.04 Å². The third-order valence-corrected chi connectivity index (χ3v) is 4.16. The van der Waals surface area contributed by atoms with Crippen molar-refractivity contribution in [2.24, 2.45) is 5.73 Å². The molecule has 6 heteroatoms. The van der Waals surface area contributed by atoms with Crippen LogP contribution in [0.4, 0.5) is 8.78 Å². The van der Waals surface area contributed by atoms with Gasteiger partial charge in [0.05, 0.1) is 4.90 Å². The van der Waals surface area contributed by atoms with Crippen LogP contribution in [0, 0.1) is 0 Å². The Labute approximate surface area is 99.6 Å². The molecule has 0 bridgehead atoms. The number of alkyl halides is 2. The van der Waals surface area contributed by atoms with E-state index in [1.54, 1.807) is 0 Å². The molecule has 0 aliphatic carbocycles. The van der Waals surface area contributed by atoms with E-state index >= 15 is 0 Å². The van der Waals surface area contributed by atoms with Crippen LogP contribution in [0.1, 0.15) is 25.3 Å². The van der Waals surface area contributed by atoms with Crippen molar-refractivity contribution in [1.82, 2.24) is 0 Å². The Balaban J connectivity index is 3.05. The first-order chi connectivity index (χ1) is 7.76. The zero-order valence-corrected chi connectivity index (χ0v) is 10.4. The van der Waals surface area contributed by atoms with Gasteiger partial charge in [-0.15, -0.1) is 0 Å². The SMILES string of the molecule is CC(N)C(C)c1ccc(S(=O)(=O)C(F)F)cc1. The van der Waals surface area contributed by atoms with Crippen molar-refractivity contribution in [1.29, 1.82) is 0 Å². The van der Waals surface area contributed by atoms with E-state index < -0.39 is 15.6 Å². The third kappa shape index (κ3) is 3.01. The first-order valence-electron chi connectivity index (χ1n) is 5.14. The van der Waals surface area contributed by atoms with Gasteiger partial charge in [0.15, 0.2) is 0 Å². The molecule has 0 saturated heterocycles. The summed E-state index contributed by atoms with van der Waals surface area (Å²) in [5.41, 5.74) is 6.53. The van der Waals surface area contributed by atoms with Gasteiger partial charge < -0.3 is 5.73 Å². The molecule has 1 rings (SSSR count). The number of rotatable bonds is 4. The van der Waals surface area contributed by atoms with E-state index in [4.69, 9.17) is 5.73 Å². The maximum atomic E-state index is 12.3. The first-order valence-corrected chi connectivity index (χ1v) is 6.69. The predicted octanol–water partition coefficient (Wildman–Crippen LogP) is 2.13. The zero-order valence-electron chi connectivity index (χ0n) is 9.60. The van der Waals surface area contributed by atoms with E-state index in [-0.39, 0.29) is 16.9 Å². The van der Waals surface area contributed by atoms with Crippen molar-refractivity contribution in [3.63, 3.8) is 0 Å². The summed E-state index contributed by atoms with van der Waals surface area (Å²) in [4.78, 5) is -0.367. The monoisotopic (exact) mass is 263 g/mol. The minimum absolute atomic E-state index is 0.0401. The average Bonchev–Trinajstić information content (AvgIpc) is 2.27. The molecule has 96 valence electrons. The minimum Gasteiger partial charge on any atom is -0.327 e. The van der Waals surface area contributed by atoms with Gasteiger partial charge in [-0.1, -0.05) is 19.1 Å². The molecule has 0 heterocycles. The second kappa shape index (κ2) is 5.10. The van der Waals surface area contributed by atoms with E-state index in [2.05, 4.69) is 0 Å². The lowest BCUT2D eigenvalue weighted by atomic mass is 9.95. The number of benzene rings is 1. The maximum absolute atomic E-state index is 12.3. The summed E-state index contributed by atoms with van der Waals surface area (Å²) in [6.07, 6.45) is 0. The van der Waals surface area contributed by atoms with Crippen LogP contribution in [-0.2, 0) is 9.84 Å². The Morgan fingerprint density at radius 2 is 1.59 bits per heavy atom. The Hall–Kier alpha value is -1.01. The third-order valence-electron chi connectivity index (χ3n) is 2.76. The molecule has 0 spiro atoms. The molecule has 2 unspecified atom stereocenters. The van der Waals surface area contributed by atoms with Crippen LogP contribution in [0.15, 0.2) is 29.2 Å². The molecule has 0 aromatic heterocycles. The van der Waals surface area contributed by atoms with Crippen LogP contribution in [0.5, 0.6) is 0 Å². The Morgan fingerprint density at radius 1 is 1.12 bits per heavy atom. The summed E-state index contributed by atoms with van der Waals surface area (Å²) in [6, 6.07) is 5.32. The molecule has 0 aliphatic heterocycles. The van der Waals surface area contributed by atoms with Crippen molar-refractivity contribution in [3.8, 4) is 0 Å². The van der Waals surface area contributed by atoms with E-state index in [1.807, 2.05) is 13.8 Å². The van der Waals surface area contributed by atoms with Crippen molar-refractivity contribution in [2.75, 3.05) is 0 Å². The Bertz CT molecular complexity index is 469. The van der Waals surface area contributed by atoms with Gasteiger partial charge in [-0.2, -0.15) is 8.78 Å². The fourth-order valence-electron chi connectivity index (χ4n) is 1.37. The Kier molecular flexibility index (Phi) is 4.21. The van der Waals surface area contributed by atoms with E-state index in [0.717, 1.165) is 5.56 Å². The fourth-order valence-corrected chi connectivity index (χ4v) is 2.09. The van der Waals surface area contributed by atoms with Gasteiger partial charge in [-0.05, 0) is 30.5 Å². The molecule has 2 atom stereocenters. The van der Waals surface area contributed by atoms with Crippen LogP contribution in [-0.4, -0.2) is 20.2 Å². The normalized spacial score (nSPS) is 15.9. The average molecular weight is 263 g/mol. The van der Waals surface area contributed by atoms with Crippen LogP contribution in [0.2, 0.25) is 0 Å². The number of hydrogen-bond donors (Lipinski definition) is 1. The molecule has 2 N–H and O–H groups in total. The molecule has 3 nitrogen and oxygen atoms in total. The highest BCUT2D eigenvalue weighted by Gasteiger charge is 2.26. The summed E-state index contributed by atoms with van der Waals surface area (Å²) < 4.78 is 46.9. The molecule has 0 amide bonds. The van der Waals surface area contributed by atoms with Gasteiger partial charge in [0.25, 0.3) is 0 Å². The van der Waals surface area contributed by atoms with Gasteiger partial charge in [0.2, 0.25) is 9.84 Å². The van der Waals surface area contributed by atoms with Crippen molar-refractivity contribution in [3.05, 3.63) is 29.8 Å². The fraction of sp³-hybridized carbons (Fsp3) is 0.455. The molecule has 0 saturated carbocycles. The second-order valence-electron chi connectivity index (χ2n) is 4.02. The zero-order chi connectivity index (χ0) is 13.2. The van der Waals surface area contributed by atoms with E-state index in [9.17, 15) is 17.2 Å². The standard InChI is InChI=1S/C11H15F2NO2S/c1-7(8(2)14)9-3-5-10(6-4-9)17(15,16)11(12)13/h3-8,11H,14H2,1-2H3. The topological polar surface area (TPSA) is 60.2 Å². The van der Waals surface area contributed by atoms with Crippen LogP contribution >= 0.6 is 0 Å². The number of hydrogen-bond acceptors (Lipinski definition) is 3. The van der Waals surface area contributed by atoms with Crippen LogP contribution < -0.4 is 5.73 Å². The highest BCUT2D eigenvalue weighted by atomic mass is 32.2. The number of sulfone groups is 1. The second-order valence-corrected chi connectivity index (χ2v) is 5.94. The van der Waals surface area contributed by atoms with Gasteiger partial charge in [-0.3, -0.25) is 0 Å². The highest BCUT2D eigenvalue weighted by molar-refractivity contribution is 7.91. The quantitative estimate of drug-likeness (QED) is 0.905. The van der Waals surface area contributed by atoms with E-state index in [0.29, 0.717) is 0 Å². The molecule has 0 radical (unpaired) electrons.